The van der Waals surface area contributed by atoms with Gasteiger partial charge in [0.2, 0.25) is 10.0 Å². The Kier molecular flexibility index (Phi) is 6.05. The molecule has 7 heteroatoms. The Morgan fingerprint density at radius 1 is 1.41 bits per heavy atom. The maximum Gasteiger partial charge on any atom is 0.214 e. The minimum Gasteiger partial charge on any atom is -0.317 e. The van der Waals surface area contributed by atoms with E-state index >= 15 is 0 Å². The van der Waals surface area contributed by atoms with Crippen molar-refractivity contribution in [3.05, 3.63) is 0 Å². The number of hydrogen-bond acceptors (Lipinski definition) is 4. The average molecular weight is 282 g/mol. The standard InChI is InChI=1S/C10H22N2O3S2/c1-9(5-8-16(2)13)12-17(14,15)10-3-6-11-7-4-10/h9-12H,3-8H2,1-2H3. The Morgan fingerprint density at radius 2 is 2.00 bits per heavy atom. The van der Waals surface area contributed by atoms with Crippen molar-refractivity contribution in [1.29, 1.82) is 0 Å². The predicted molar refractivity (Wildman–Crippen MR) is 71.0 cm³/mol. The molecule has 0 saturated carbocycles. The Balaban J connectivity index is 2.44. The van der Waals surface area contributed by atoms with Crippen molar-refractivity contribution in [2.45, 2.75) is 37.5 Å². The van der Waals surface area contributed by atoms with E-state index in [1.54, 1.807) is 6.26 Å². The van der Waals surface area contributed by atoms with Crippen LogP contribution in [0.25, 0.3) is 0 Å². The summed E-state index contributed by atoms with van der Waals surface area (Å²) in [7, 11) is -4.08. The van der Waals surface area contributed by atoms with E-state index in [9.17, 15) is 12.6 Å². The zero-order valence-corrected chi connectivity index (χ0v) is 12.1. The second-order valence-electron chi connectivity index (χ2n) is 4.58. The molecule has 0 radical (unpaired) electrons. The second-order valence-corrected chi connectivity index (χ2v) is 8.13. The lowest BCUT2D eigenvalue weighted by Gasteiger charge is -2.24. The van der Waals surface area contributed by atoms with Crippen LogP contribution in [-0.2, 0) is 20.8 Å². The molecule has 5 nitrogen and oxygen atoms in total. The number of hydrogen-bond donors (Lipinski definition) is 2. The normalized spacial score (nSPS) is 22.2. The molecule has 17 heavy (non-hydrogen) atoms. The van der Waals surface area contributed by atoms with E-state index in [0.29, 0.717) is 25.0 Å². The summed E-state index contributed by atoms with van der Waals surface area (Å²) in [5, 5.41) is 2.87. The summed E-state index contributed by atoms with van der Waals surface area (Å²) in [6.45, 7) is 3.35. The summed E-state index contributed by atoms with van der Waals surface area (Å²) in [5.74, 6) is 0.538. The van der Waals surface area contributed by atoms with Crippen LogP contribution in [0, 0.1) is 0 Å². The average Bonchev–Trinajstić information content (AvgIpc) is 2.27. The van der Waals surface area contributed by atoms with Gasteiger partial charge >= 0.3 is 0 Å². The zero-order chi connectivity index (χ0) is 12.9. The fourth-order valence-corrected chi connectivity index (χ4v) is 4.30. The fraction of sp³-hybridized carbons (Fsp3) is 1.00. The van der Waals surface area contributed by atoms with Gasteiger partial charge in [-0.1, -0.05) is 0 Å². The molecule has 0 bridgehead atoms. The molecule has 0 aromatic rings. The topological polar surface area (TPSA) is 75.3 Å². The van der Waals surface area contributed by atoms with E-state index in [1.165, 1.54) is 0 Å². The van der Waals surface area contributed by atoms with E-state index in [0.717, 1.165) is 13.1 Å². The van der Waals surface area contributed by atoms with Crippen molar-refractivity contribution in [2.75, 3.05) is 25.1 Å². The lowest BCUT2D eigenvalue weighted by Crippen LogP contribution is -2.44. The van der Waals surface area contributed by atoms with Crippen molar-refractivity contribution < 1.29 is 12.6 Å². The molecule has 0 amide bonds. The van der Waals surface area contributed by atoms with Gasteiger partial charge in [-0.3, -0.25) is 4.21 Å². The smallest absolute Gasteiger partial charge is 0.214 e. The number of sulfonamides is 1. The Hall–Kier alpha value is 0.0200. The van der Waals surface area contributed by atoms with Gasteiger partial charge < -0.3 is 5.32 Å². The van der Waals surface area contributed by atoms with Crippen LogP contribution < -0.4 is 10.0 Å². The van der Waals surface area contributed by atoms with Crippen molar-refractivity contribution in [1.82, 2.24) is 10.0 Å². The lowest BCUT2D eigenvalue weighted by molar-refractivity contribution is 0.481. The molecule has 2 N–H and O–H groups in total. The molecular weight excluding hydrogens is 260 g/mol. The third kappa shape index (κ3) is 5.46. The third-order valence-electron chi connectivity index (χ3n) is 2.93. The number of piperidine rings is 1. The van der Waals surface area contributed by atoms with Crippen LogP contribution >= 0.6 is 0 Å². The summed E-state index contributed by atoms with van der Waals surface area (Å²) in [6.07, 6.45) is 3.59. The van der Waals surface area contributed by atoms with E-state index < -0.39 is 20.8 Å². The van der Waals surface area contributed by atoms with Gasteiger partial charge in [0.05, 0.1) is 5.25 Å². The maximum atomic E-state index is 12.0. The highest BCUT2D eigenvalue weighted by Crippen LogP contribution is 2.13. The zero-order valence-electron chi connectivity index (χ0n) is 10.4. The van der Waals surface area contributed by atoms with Crippen LogP contribution in [0.3, 0.4) is 0 Å². The van der Waals surface area contributed by atoms with Crippen LogP contribution in [0.1, 0.15) is 26.2 Å². The first-order valence-electron chi connectivity index (χ1n) is 5.93. The van der Waals surface area contributed by atoms with Gasteiger partial charge in [-0.2, -0.15) is 0 Å². The highest BCUT2D eigenvalue weighted by atomic mass is 32.2. The summed E-state index contributed by atoms with van der Waals surface area (Å²) in [6, 6.07) is -0.140. The lowest BCUT2D eigenvalue weighted by atomic mass is 10.2. The first-order valence-corrected chi connectivity index (χ1v) is 9.21. The predicted octanol–water partition coefficient (Wildman–Crippen LogP) is -0.185. The van der Waals surface area contributed by atoms with Gasteiger partial charge in [0.25, 0.3) is 0 Å². The van der Waals surface area contributed by atoms with Crippen molar-refractivity contribution in [3.63, 3.8) is 0 Å². The molecule has 1 aliphatic rings. The molecule has 0 aromatic heterocycles. The number of rotatable bonds is 6. The molecule has 1 saturated heterocycles. The Labute approximate surface area is 106 Å². The molecule has 2 unspecified atom stereocenters. The highest BCUT2D eigenvalue weighted by Gasteiger charge is 2.28. The van der Waals surface area contributed by atoms with E-state index in [4.69, 9.17) is 0 Å². The monoisotopic (exact) mass is 282 g/mol. The minimum absolute atomic E-state index is 0.140. The van der Waals surface area contributed by atoms with Crippen molar-refractivity contribution in [2.24, 2.45) is 0 Å². The third-order valence-corrected chi connectivity index (χ3v) is 5.82. The molecular formula is C10H22N2O3S2. The molecule has 102 valence electrons. The van der Waals surface area contributed by atoms with E-state index in [2.05, 4.69) is 10.0 Å². The van der Waals surface area contributed by atoms with Crippen LogP contribution in [0.15, 0.2) is 0 Å². The number of nitrogens with one attached hydrogen (secondary N) is 2. The van der Waals surface area contributed by atoms with Gasteiger partial charge in [0.1, 0.15) is 0 Å². The molecule has 0 aromatic carbocycles. The van der Waals surface area contributed by atoms with Gasteiger partial charge in [-0.15, -0.1) is 0 Å². The molecule has 1 heterocycles. The summed E-state index contributed by atoms with van der Waals surface area (Å²) < 4.78 is 37.7. The molecule has 0 aliphatic carbocycles. The second kappa shape index (κ2) is 6.82. The van der Waals surface area contributed by atoms with Crippen LogP contribution in [-0.4, -0.2) is 49.0 Å². The van der Waals surface area contributed by atoms with Gasteiger partial charge in [0.15, 0.2) is 0 Å². The van der Waals surface area contributed by atoms with Crippen LogP contribution in [0.4, 0.5) is 0 Å². The quantitative estimate of drug-likeness (QED) is 0.708. The fourth-order valence-electron chi connectivity index (χ4n) is 1.88. The highest BCUT2D eigenvalue weighted by molar-refractivity contribution is 7.90. The Bertz CT molecular complexity index is 351. The summed E-state index contributed by atoms with van der Waals surface area (Å²) in [4.78, 5) is 0. The molecule has 0 spiro atoms. The van der Waals surface area contributed by atoms with Gasteiger partial charge in [-0.25, -0.2) is 13.1 Å². The first kappa shape index (κ1) is 15.1. The van der Waals surface area contributed by atoms with Crippen LogP contribution in [0.2, 0.25) is 0 Å². The largest absolute Gasteiger partial charge is 0.317 e. The van der Waals surface area contributed by atoms with E-state index in [1.807, 2.05) is 6.92 Å². The Morgan fingerprint density at radius 3 is 2.53 bits per heavy atom. The summed E-state index contributed by atoms with van der Waals surface area (Å²) in [5.41, 5.74) is 0. The van der Waals surface area contributed by atoms with Gasteiger partial charge in [0, 0.05) is 28.9 Å². The van der Waals surface area contributed by atoms with Crippen molar-refractivity contribution >= 4 is 20.8 Å². The van der Waals surface area contributed by atoms with Gasteiger partial charge in [-0.05, 0) is 39.3 Å². The first-order chi connectivity index (χ1) is 7.92. The minimum atomic E-state index is -3.22. The molecule has 2 atom stereocenters. The maximum absolute atomic E-state index is 12.0. The molecule has 1 aliphatic heterocycles. The molecule has 1 fully saturated rings. The molecule has 1 rings (SSSR count). The van der Waals surface area contributed by atoms with Crippen molar-refractivity contribution in [3.8, 4) is 0 Å². The summed E-state index contributed by atoms with van der Waals surface area (Å²) >= 11 is 0. The van der Waals surface area contributed by atoms with Crippen LogP contribution in [0.5, 0.6) is 0 Å². The SMILES string of the molecule is CC(CCS(C)=O)NS(=O)(=O)C1CCNCC1. The van der Waals surface area contributed by atoms with E-state index in [-0.39, 0.29) is 11.3 Å².